The molecule has 0 saturated heterocycles. The summed E-state index contributed by atoms with van der Waals surface area (Å²) in [5.74, 6) is -0.0997. The summed E-state index contributed by atoms with van der Waals surface area (Å²) in [7, 11) is 1.60. The van der Waals surface area contributed by atoms with Crippen molar-refractivity contribution in [3.8, 4) is 22.8 Å². The van der Waals surface area contributed by atoms with Gasteiger partial charge in [-0.1, -0.05) is 30.3 Å². The van der Waals surface area contributed by atoms with Crippen LogP contribution >= 0.6 is 0 Å². The van der Waals surface area contributed by atoms with Gasteiger partial charge in [-0.05, 0) is 48.5 Å². The van der Waals surface area contributed by atoms with Gasteiger partial charge < -0.3 is 14.2 Å². The first-order valence-electron chi connectivity index (χ1n) is 9.74. The molecule has 0 saturated carbocycles. The highest BCUT2D eigenvalue weighted by Gasteiger charge is 2.15. The summed E-state index contributed by atoms with van der Waals surface area (Å²) in [6.07, 6.45) is 0. The Morgan fingerprint density at radius 2 is 1.68 bits per heavy atom. The number of rotatable bonds is 7. The molecule has 3 aromatic carbocycles. The molecule has 6 heteroatoms. The Labute approximate surface area is 179 Å². The molecule has 31 heavy (non-hydrogen) atoms. The van der Waals surface area contributed by atoms with Gasteiger partial charge in [-0.2, -0.15) is 0 Å². The monoisotopic (exact) mass is 417 g/mol. The van der Waals surface area contributed by atoms with E-state index in [-0.39, 0.29) is 19.0 Å². The van der Waals surface area contributed by atoms with Gasteiger partial charge in [0.15, 0.2) is 11.6 Å². The molecule has 0 amide bonds. The van der Waals surface area contributed by atoms with Gasteiger partial charge in [0.2, 0.25) is 0 Å². The van der Waals surface area contributed by atoms with E-state index in [1.54, 1.807) is 25.3 Å². The molecule has 1 heterocycles. The molecule has 0 spiro atoms. The number of carbonyl (C=O) groups excluding carboxylic acids is 1. The molecule has 0 atom stereocenters. The molecule has 1 aromatic heterocycles. The summed E-state index contributed by atoms with van der Waals surface area (Å²) in [5, 5.41) is 0.694. The fourth-order valence-electron chi connectivity index (χ4n) is 3.18. The van der Waals surface area contributed by atoms with Crippen LogP contribution in [-0.4, -0.2) is 31.3 Å². The fraction of sp³-hybridized carbons (Fsp3) is 0.120. The summed E-state index contributed by atoms with van der Waals surface area (Å²) >= 11 is 0. The Kier molecular flexibility index (Phi) is 6.08. The lowest BCUT2D eigenvalue weighted by Gasteiger charge is -2.11. The molecule has 5 nitrogen and oxygen atoms in total. The van der Waals surface area contributed by atoms with Crippen LogP contribution in [-0.2, 0) is 4.74 Å². The average Bonchev–Trinajstić information content (AvgIpc) is 2.82. The molecule has 0 aliphatic carbocycles. The number of ether oxygens (including phenoxy) is 3. The van der Waals surface area contributed by atoms with E-state index in [4.69, 9.17) is 14.2 Å². The molecule has 0 bridgehead atoms. The Hall–Kier alpha value is -3.93. The van der Waals surface area contributed by atoms with Crippen molar-refractivity contribution in [3.63, 3.8) is 0 Å². The van der Waals surface area contributed by atoms with E-state index < -0.39 is 11.8 Å². The number of hydrogen-bond acceptors (Lipinski definition) is 5. The highest BCUT2D eigenvalue weighted by atomic mass is 19.1. The Bertz CT molecular complexity index is 1210. The Balaban J connectivity index is 1.54. The molecule has 4 rings (SSSR count). The number of halogens is 1. The summed E-state index contributed by atoms with van der Waals surface area (Å²) in [5.41, 5.74) is 2.59. The first-order valence-corrected chi connectivity index (χ1v) is 9.74. The highest BCUT2D eigenvalue weighted by Crippen LogP contribution is 2.27. The van der Waals surface area contributed by atoms with E-state index in [0.29, 0.717) is 22.2 Å². The van der Waals surface area contributed by atoms with Gasteiger partial charge in [-0.3, -0.25) is 0 Å². The van der Waals surface area contributed by atoms with Crippen LogP contribution in [0.4, 0.5) is 4.39 Å². The van der Waals surface area contributed by atoms with E-state index in [2.05, 4.69) is 4.98 Å². The lowest BCUT2D eigenvalue weighted by atomic mass is 10.0. The molecule has 0 fully saturated rings. The Morgan fingerprint density at radius 3 is 2.45 bits per heavy atom. The van der Waals surface area contributed by atoms with Crippen molar-refractivity contribution < 1.29 is 23.4 Å². The van der Waals surface area contributed by atoms with Gasteiger partial charge in [0.1, 0.15) is 19.0 Å². The molecule has 0 aliphatic rings. The van der Waals surface area contributed by atoms with Gasteiger partial charge in [0.25, 0.3) is 0 Å². The number of fused-ring (bicyclic) bond motifs is 1. The van der Waals surface area contributed by atoms with Crippen molar-refractivity contribution in [2.45, 2.75) is 0 Å². The van der Waals surface area contributed by atoms with Crippen LogP contribution in [0.3, 0.4) is 0 Å². The van der Waals surface area contributed by atoms with Gasteiger partial charge in [-0.15, -0.1) is 0 Å². The standard InChI is InChI=1S/C25H20FNO4/c1-29-18-12-10-17(11-13-18)23-16-20(19-6-2-4-8-22(19)27-23)25(28)31-15-14-30-24-9-5-3-7-21(24)26/h2-13,16H,14-15H2,1H3. The van der Waals surface area contributed by atoms with Crippen LogP contribution in [0.25, 0.3) is 22.2 Å². The second-order valence-electron chi connectivity index (χ2n) is 6.72. The van der Waals surface area contributed by atoms with E-state index in [1.165, 1.54) is 12.1 Å². The second kappa shape index (κ2) is 9.26. The zero-order valence-corrected chi connectivity index (χ0v) is 16.9. The number of para-hydroxylation sites is 2. The quantitative estimate of drug-likeness (QED) is 0.302. The van der Waals surface area contributed by atoms with E-state index in [0.717, 1.165) is 11.3 Å². The van der Waals surface area contributed by atoms with E-state index in [1.807, 2.05) is 48.5 Å². The number of methoxy groups -OCH3 is 1. The minimum Gasteiger partial charge on any atom is -0.497 e. The van der Waals surface area contributed by atoms with Crippen molar-refractivity contribution in [1.29, 1.82) is 0 Å². The SMILES string of the molecule is COc1ccc(-c2cc(C(=O)OCCOc3ccccc3F)c3ccccc3n2)cc1. The molecule has 0 N–H and O–H groups in total. The lowest BCUT2D eigenvalue weighted by molar-refractivity contribution is 0.0450. The number of esters is 1. The molecule has 0 radical (unpaired) electrons. The van der Waals surface area contributed by atoms with Crippen LogP contribution in [0.5, 0.6) is 11.5 Å². The third-order valence-electron chi connectivity index (χ3n) is 4.73. The van der Waals surface area contributed by atoms with E-state index in [9.17, 15) is 9.18 Å². The Morgan fingerprint density at radius 1 is 0.935 bits per heavy atom. The number of hydrogen-bond donors (Lipinski definition) is 0. The fourth-order valence-corrected chi connectivity index (χ4v) is 3.18. The average molecular weight is 417 g/mol. The summed E-state index contributed by atoms with van der Waals surface area (Å²) in [4.78, 5) is 17.5. The number of pyridine rings is 1. The van der Waals surface area contributed by atoms with Gasteiger partial charge >= 0.3 is 5.97 Å². The second-order valence-corrected chi connectivity index (χ2v) is 6.72. The van der Waals surface area contributed by atoms with Crippen LogP contribution in [0.15, 0.2) is 78.9 Å². The smallest absolute Gasteiger partial charge is 0.339 e. The molecular formula is C25H20FNO4. The van der Waals surface area contributed by atoms with Crippen molar-refractivity contribution >= 4 is 16.9 Å². The maximum Gasteiger partial charge on any atom is 0.339 e. The van der Waals surface area contributed by atoms with Gasteiger partial charge in [0.05, 0.1) is 23.9 Å². The van der Waals surface area contributed by atoms with E-state index >= 15 is 0 Å². The predicted octanol–water partition coefficient (Wildman–Crippen LogP) is 5.29. The van der Waals surface area contributed by atoms with Crippen LogP contribution in [0.1, 0.15) is 10.4 Å². The number of nitrogens with zero attached hydrogens (tertiary/aromatic N) is 1. The summed E-state index contributed by atoms with van der Waals surface area (Å²) < 4.78 is 29.6. The lowest BCUT2D eigenvalue weighted by Crippen LogP contribution is -2.13. The molecular weight excluding hydrogens is 397 g/mol. The van der Waals surface area contributed by atoms with Crippen molar-refractivity contribution in [3.05, 3.63) is 90.2 Å². The zero-order chi connectivity index (χ0) is 21.6. The van der Waals surface area contributed by atoms with Crippen molar-refractivity contribution in [2.75, 3.05) is 20.3 Å². The first-order chi connectivity index (χ1) is 15.2. The molecule has 0 unspecified atom stereocenters. The largest absolute Gasteiger partial charge is 0.497 e. The minimum absolute atomic E-state index is 0.0122. The molecule has 4 aromatic rings. The zero-order valence-electron chi connectivity index (χ0n) is 16.9. The first kappa shape index (κ1) is 20.3. The van der Waals surface area contributed by atoms with Crippen LogP contribution < -0.4 is 9.47 Å². The summed E-state index contributed by atoms with van der Waals surface area (Å²) in [6.45, 7) is 0.0305. The number of carbonyl (C=O) groups is 1. The third-order valence-corrected chi connectivity index (χ3v) is 4.73. The maximum absolute atomic E-state index is 13.6. The normalized spacial score (nSPS) is 10.6. The molecule has 0 aliphatic heterocycles. The van der Waals surface area contributed by atoms with Crippen LogP contribution in [0, 0.1) is 5.82 Å². The predicted molar refractivity (Wildman–Crippen MR) is 116 cm³/mol. The van der Waals surface area contributed by atoms with Gasteiger partial charge in [-0.25, -0.2) is 14.2 Å². The van der Waals surface area contributed by atoms with Gasteiger partial charge in [0, 0.05) is 10.9 Å². The number of benzene rings is 3. The third kappa shape index (κ3) is 4.64. The molecule has 156 valence electrons. The highest BCUT2D eigenvalue weighted by molar-refractivity contribution is 6.04. The topological polar surface area (TPSA) is 57.7 Å². The minimum atomic E-state index is -0.495. The number of aromatic nitrogens is 1. The van der Waals surface area contributed by atoms with Crippen LogP contribution in [0.2, 0.25) is 0 Å². The summed E-state index contributed by atoms with van der Waals surface area (Å²) in [6, 6.07) is 22.6. The maximum atomic E-state index is 13.6. The van der Waals surface area contributed by atoms with Crippen molar-refractivity contribution in [1.82, 2.24) is 4.98 Å². The van der Waals surface area contributed by atoms with Crippen molar-refractivity contribution in [2.24, 2.45) is 0 Å².